The van der Waals surface area contributed by atoms with E-state index in [1.807, 2.05) is 121 Å². The Kier molecular flexibility index (Phi) is 19.6. The summed E-state index contributed by atoms with van der Waals surface area (Å²) in [5, 5.41) is 2.94. The smallest absolute Gasteiger partial charge is 0.407 e. The molecule has 0 unspecified atom stereocenters. The van der Waals surface area contributed by atoms with E-state index in [1.165, 1.54) is 7.11 Å². The fourth-order valence-corrected chi connectivity index (χ4v) is 8.69. The van der Waals surface area contributed by atoms with Gasteiger partial charge in [-0.05, 0) is 79.4 Å². The minimum atomic E-state index is -1.66. The van der Waals surface area contributed by atoms with Crippen LogP contribution < -0.4 is 14.8 Å². The molecule has 6 aromatic rings. The van der Waals surface area contributed by atoms with Gasteiger partial charge >= 0.3 is 18.0 Å². The average molecular weight is 1040 g/mol. The van der Waals surface area contributed by atoms with E-state index < -0.39 is 85.0 Å². The van der Waals surface area contributed by atoms with Crippen molar-refractivity contribution in [2.45, 2.75) is 114 Å². The normalized spacial score (nSPS) is 23.4. The first-order valence-electron chi connectivity index (χ1n) is 25.1. The summed E-state index contributed by atoms with van der Waals surface area (Å²) in [6.45, 7) is 5.00. The first kappa shape index (κ1) is 55.1. The highest BCUT2D eigenvalue weighted by molar-refractivity contribution is 5.89. The Labute approximate surface area is 443 Å². The van der Waals surface area contributed by atoms with Gasteiger partial charge < -0.3 is 62.2 Å². The van der Waals surface area contributed by atoms with Gasteiger partial charge in [0.25, 0.3) is 0 Å². The minimum absolute atomic E-state index is 0.00695. The molecule has 400 valence electrons. The van der Waals surface area contributed by atoms with Gasteiger partial charge in [-0.25, -0.2) is 14.4 Å². The van der Waals surface area contributed by atoms with E-state index in [9.17, 15) is 14.4 Å². The Bertz CT molecular complexity index is 2700. The number of esters is 2. The van der Waals surface area contributed by atoms with Crippen LogP contribution in [0.5, 0.6) is 11.5 Å². The quantitative estimate of drug-likeness (QED) is 0.0503. The van der Waals surface area contributed by atoms with Crippen LogP contribution in [0.15, 0.2) is 176 Å². The van der Waals surface area contributed by atoms with Crippen LogP contribution >= 0.6 is 0 Å². The molecular weight excluding hydrogens is 975 g/mol. The molecule has 8 rings (SSSR count). The number of benzene rings is 6. The molecule has 0 saturated carbocycles. The Morgan fingerprint density at radius 2 is 1.01 bits per heavy atom. The number of ether oxygens (including phenoxy) is 12. The first-order valence-corrected chi connectivity index (χ1v) is 25.1. The van der Waals surface area contributed by atoms with Crippen molar-refractivity contribution in [1.29, 1.82) is 0 Å². The van der Waals surface area contributed by atoms with E-state index in [2.05, 4.69) is 5.32 Å². The Hall–Kier alpha value is -7.15. The first-order chi connectivity index (χ1) is 36.9. The second kappa shape index (κ2) is 27.1. The maximum absolute atomic E-state index is 14.8. The van der Waals surface area contributed by atoms with Gasteiger partial charge in [-0.3, -0.25) is 0 Å². The Balaban J connectivity index is 1.24. The number of alkyl carbamates (subject to hydrolysis) is 1. The summed E-state index contributed by atoms with van der Waals surface area (Å²) in [6.07, 6.45) is -12.7. The number of rotatable bonds is 22. The van der Waals surface area contributed by atoms with Crippen molar-refractivity contribution in [1.82, 2.24) is 5.32 Å². The number of nitrogens with one attached hydrogen (secondary N) is 1. The zero-order valence-electron chi connectivity index (χ0n) is 43.2. The predicted octanol–water partition coefficient (Wildman–Crippen LogP) is 9.17. The molecule has 0 radical (unpaired) electrons. The van der Waals surface area contributed by atoms with Crippen molar-refractivity contribution < 1.29 is 71.2 Å². The van der Waals surface area contributed by atoms with Gasteiger partial charge in [0, 0.05) is 7.11 Å². The van der Waals surface area contributed by atoms with Crippen LogP contribution in [0.3, 0.4) is 0 Å². The fourth-order valence-electron chi connectivity index (χ4n) is 8.69. The summed E-state index contributed by atoms with van der Waals surface area (Å²) in [6, 6.07) is 51.7. The number of hydrogen-bond acceptors (Lipinski definition) is 15. The van der Waals surface area contributed by atoms with Crippen molar-refractivity contribution in [3.05, 3.63) is 204 Å². The maximum Gasteiger partial charge on any atom is 0.407 e. The molecule has 6 aromatic carbocycles. The number of carbonyl (C=O) groups is 3. The highest BCUT2D eigenvalue weighted by Crippen LogP contribution is 2.37. The van der Waals surface area contributed by atoms with E-state index >= 15 is 0 Å². The SMILES string of the molecule is COc1ccc(OC[C@H]2O[C@H](OC)[C@H](NC(=O)OCc3ccccc3)[C@@H](OCc3ccccc3)[C@@H]2O[C@@H]2O[C@@H](C(=O)OC(C)(C)C)[C@@H](OCc3ccccc3)[C@H](OCc3ccccc3)[C@H]2OC(=O)c2ccccc2)cc1. The van der Waals surface area contributed by atoms with Gasteiger partial charge in [0.2, 0.25) is 0 Å². The van der Waals surface area contributed by atoms with Crippen molar-refractivity contribution in [3.63, 3.8) is 0 Å². The summed E-state index contributed by atoms with van der Waals surface area (Å²) in [5.41, 5.74) is 2.35. The topological polar surface area (TPSA) is 174 Å². The molecule has 10 atom stereocenters. The van der Waals surface area contributed by atoms with Crippen molar-refractivity contribution >= 4 is 18.0 Å². The lowest BCUT2D eigenvalue weighted by Gasteiger charge is -2.49. The number of carbonyl (C=O) groups excluding carboxylic acids is 3. The molecule has 16 heteroatoms. The third-order valence-electron chi connectivity index (χ3n) is 12.4. The molecule has 2 aliphatic heterocycles. The zero-order chi connectivity index (χ0) is 53.3. The molecule has 1 amide bonds. The summed E-state index contributed by atoms with van der Waals surface area (Å²) < 4.78 is 77.3. The predicted molar refractivity (Wildman–Crippen MR) is 278 cm³/mol. The molecular formula is C60H65NO15. The second-order valence-electron chi connectivity index (χ2n) is 19.1. The monoisotopic (exact) mass is 1040 g/mol. The van der Waals surface area contributed by atoms with Crippen LogP contribution in [0.4, 0.5) is 4.79 Å². The Morgan fingerprint density at radius 3 is 1.53 bits per heavy atom. The molecule has 76 heavy (non-hydrogen) atoms. The lowest BCUT2D eigenvalue weighted by Crippen LogP contribution is -2.69. The van der Waals surface area contributed by atoms with Gasteiger partial charge in [-0.2, -0.15) is 0 Å². The lowest BCUT2D eigenvalue weighted by molar-refractivity contribution is -0.352. The highest BCUT2D eigenvalue weighted by Gasteiger charge is 2.57. The van der Waals surface area contributed by atoms with Gasteiger partial charge in [0.1, 0.15) is 66.9 Å². The molecule has 2 fully saturated rings. The summed E-state index contributed by atoms with van der Waals surface area (Å²) in [5.74, 6) is -0.462. The average Bonchev–Trinajstić information content (AvgIpc) is 3.47. The van der Waals surface area contributed by atoms with Crippen LogP contribution in [-0.4, -0.2) is 106 Å². The van der Waals surface area contributed by atoms with E-state index in [-0.39, 0.29) is 38.6 Å². The molecule has 2 saturated heterocycles. The number of methoxy groups -OCH3 is 2. The molecule has 2 heterocycles. The van der Waals surface area contributed by atoms with Crippen LogP contribution in [-0.2, 0) is 78.6 Å². The van der Waals surface area contributed by atoms with Crippen LogP contribution in [0.2, 0.25) is 0 Å². The summed E-state index contributed by atoms with van der Waals surface area (Å²) in [4.78, 5) is 43.2. The second-order valence-corrected chi connectivity index (χ2v) is 19.1. The molecule has 1 N–H and O–H groups in total. The maximum atomic E-state index is 14.8. The third kappa shape index (κ3) is 15.5. The molecule has 16 nitrogen and oxygen atoms in total. The number of amides is 1. The highest BCUT2D eigenvalue weighted by atomic mass is 16.8. The van der Waals surface area contributed by atoms with Crippen molar-refractivity contribution in [3.8, 4) is 11.5 Å². The largest absolute Gasteiger partial charge is 0.497 e. The molecule has 0 spiro atoms. The molecule has 2 aliphatic rings. The Morgan fingerprint density at radius 1 is 0.526 bits per heavy atom. The van der Waals surface area contributed by atoms with Crippen LogP contribution in [0.25, 0.3) is 0 Å². The van der Waals surface area contributed by atoms with E-state index in [4.69, 9.17) is 56.8 Å². The van der Waals surface area contributed by atoms with E-state index in [0.29, 0.717) is 11.5 Å². The van der Waals surface area contributed by atoms with E-state index in [0.717, 1.165) is 22.3 Å². The summed E-state index contributed by atoms with van der Waals surface area (Å²) in [7, 11) is 3.00. The van der Waals surface area contributed by atoms with Crippen LogP contribution in [0.1, 0.15) is 53.4 Å². The van der Waals surface area contributed by atoms with Gasteiger partial charge in [0.05, 0.1) is 32.5 Å². The molecule has 0 bridgehead atoms. The molecule has 0 aliphatic carbocycles. The minimum Gasteiger partial charge on any atom is -0.497 e. The standard InChI is InChI=1S/C60H65NO15/c1-60(2,3)76-56(63)53-51(69-36-41-23-13-7-14-24-41)52(70-37-42-25-15-8-16-26-42)54(73-55(62)44-29-19-10-20-30-44)58(75-53)74-49-47(39-67-46-33-31-45(65-4)32-34-46)72-57(66-5)48(50(49)68-35-40-21-11-6-12-22-40)61-59(64)71-38-43-27-17-9-18-28-43/h6-34,47-54,57-58H,35-39H2,1-5H3,(H,61,64)/t47-,48-,49-,50-,51+,52+,53-,54-,57+,58-/m1/s1. The summed E-state index contributed by atoms with van der Waals surface area (Å²) >= 11 is 0. The fraction of sp³-hybridized carbons (Fsp3) is 0.350. The lowest BCUT2D eigenvalue weighted by atomic mass is 9.94. The third-order valence-corrected chi connectivity index (χ3v) is 12.4. The van der Waals surface area contributed by atoms with E-state index in [1.54, 1.807) is 82.5 Å². The number of hydrogen-bond donors (Lipinski definition) is 1. The van der Waals surface area contributed by atoms with Gasteiger partial charge in [-0.1, -0.05) is 140 Å². The van der Waals surface area contributed by atoms with Crippen LogP contribution in [0, 0.1) is 0 Å². The van der Waals surface area contributed by atoms with Crippen molar-refractivity contribution in [2.24, 2.45) is 0 Å². The van der Waals surface area contributed by atoms with Gasteiger partial charge in [-0.15, -0.1) is 0 Å². The van der Waals surface area contributed by atoms with Crippen molar-refractivity contribution in [2.75, 3.05) is 20.8 Å². The zero-order valence-corrected chi connectivity index (χ0v) is 43.2. The van der Waals surface area contributed by atoms with Gasteiger partial charge in [0.15, 0.2) is 24.8 Å². The molecule has 0 aromatic heterocycles.